The van der Waals surface area contributed by atoms with Gasteiger partial charge in [0.15, 0.2) is 0 Å². The minimum Gasteiger partial charge on any atom is -0.337 e. The second-order valence-electron chi connectivity index (χ2n) is 6.23. The van der Waals surface area contributed by atoms with Crippen LogP contribution in [0.5, 0.6) is 0 Å². The van der Waals surface area contributed by atoms with Gasteiger partial charge in [-0.1, -0.05) is 31.2 Å². The van der Waals surface area contributed by atoms with Crippen LogP contribution in [0, 0.1) is 6.92 Å². The zero-order valence-electron chi connectivity index (χ0n) is 14.9. The number of nitrogens with zero attached hydrogens (tertiary/aromatic N) is 3. The fourth-order valence-corrected chi connectivity index (χ4v) is 3.95. The lowest BCUT2D eigenvalue weighted by molar-refractivity contribution is 0.0789. The Labute approximate surface area is 150 Å². The molecular weight excluding hydrogens is 334 g/mol. The number of hydrogen-bond donors (Lipinski definition) is 0. The van der Waals surface area contributed by atoms with Crippen LogP contribution in [0.2, 0.25) is 0 Å². The summed E-state index contributed by atoms with van der Waals surface area (Å²) >= 11 is 1.28. The second-order valence-corrected chi connectivity index (χ2v) is 7.23. The van der Waals surface area contributed by atoms with E-state index in [9.17, 15) is 9.59 Å². The van der Waals surface area contributed by atoms with E-state index in [0.29, 0.717) is 27.2 Å². The van der Waals surface area contributed by atoms with E-state index in [4.69, 9.17) is 0 Å². The van der Waals surface area contributed by atoms with Crippen molar-refractivity contribution in [2.45, 2.75) is 26.8 Å². The van der Waals surface area contributed by atoms with Crippen molar-refractivity contribution in [3.05, 3.63) is 62.5 Å². The predicted molar refractivity (Wildman–Crippen MR) is 101 cm³/mol. The van der Waals surface area contributed by atoms with Crippen LogP contribution in [-0.4, -0.2) is 27.4 Å². The predicted octanol–water partition coefficient (Wildman–Crippen LogP) is 3.14. The van der Waals surface area contributed by atoms with E-state index in [1.165, 1.54) is 27.8 Å². The van der Waals surface area contributed by atoms with E-state index in [1.54, 1.807) is 19.0 Å². The largest absolute Gasteiger partial charge is 0.337 e. The molecule has 0 radical (unpaired) electrons. The van der Waals surface area contributed by atoms with E-state index in [0.717, 1.165) is 12.0 Å². The van der Waals surface area contributed by atoms with Crippen molar-refractivity contribution in [1.29, 1.82) is 0 Å². The fraction of sp³-hybridized carbons (Fsp3) is 0.316. The maximum Gasteiger partial charge on any atom is 0.264 e. The molecule has 5 nitrogen and oxygen atoms in total. The molecule has 0 bridgehead atoms. The van der Waals surface area contributed by atoms with Gasteiger partial charge >= 0.3 is 0 Å². The lowest BCUT2D eigenvalue weighted by atomic mass is 10.1. The zero-order valence-corrected chi connectivity index (χ0v) is 15.7. The molecule has 1 amide bonds. The summed E-state index contributed by atoms with van der Waals surface area (Å²) in [5, 5.41) is 0.541. The van der Waals surface area contributed by atoms with Crippen molar-refractivity contribution in [1.82, 2.24) is 14.5 Å². The molecule has 0 saturated heterocycles. The van der Waals surface area contributed by atoms with Crippen LogP contribution in [0.4, 0.5) is 0 Å². The monoisotopic (exact) mass is 355 g/mol. The number of rotatable bonds is 4. The van der Waals surface area contributed by atoms with Crippen LogP contribution in [0.25, 0.3) is 10.2 Å². The lowest BCUT2D eigenvalue weighted by Crippen LogP contribution is -2.26. The Hall–Kier alpha value is -2.47. The summed E-state index contributed by atoms with van der Waals surface area (Å²) in [4.78, 5) is 32.3. The molecule has 0 aliphatic rings. The highest BCUT2D eigenvalue weighted by molar-refractivity contribution is 7.20. The maximum atomic E-state index is 12.9. The maximum absolute atomic E-state index is 12.9. The lowest BCUT2D eigenvalue weighted by Gasteiger charge is -2.17. The van der Waals surface area contributed by atoms with Crippen molar-refractivity contribution < 1.29 is 4.79 Å². The third-order valence-electron chi connectivity index (χ3n) is 4.40. The highest BCUT2D eigenvalue weighted by Gasteiger charge is 2.21. The first-order valence-electron chi connectivity index (χ1n) is 8.20. The number of aryl methyl sites for hydroxylation is 3. The molecule has 0 fully saturated rings. The van der Waals surface area contributed by atoms with E-state index in [-0.39, 0.29) is 11.5 Å². The van der Waals surface area contributed by atoms with Gasteiger partial charge in [-0.3, -0.25) is 9.59 Å². The Bertz CT molecular complexity index is 986. The molecule has 3 rings (SSSR count). The molecule has 0 aliphatic heterocycles. The van der Waals surface area contributed by atoms with Gasteiger partial charge in [-0.15, -0.1) is 11.3 Å². The summed E-state index contributed by atoms with van der Waals surface area (Å²) in [5.74, 6) is -0.0814. The molecule has 2 aromatic heterocycles. The van der Waals surface area contributed by atoms with Gasteiger partial charge in [0.25, 0.3) is 11.5 Å². The van der Waals surface area contributed by atoms with Gasteiger partial charge in [-0.05, 0) is 30.0 Å². The number of thiophene rings is 1. The normalized spacial score (nSPS) is 11.0. The van der Waals surface area contributed by atoms with E-state index >= 15 is 0 Å². The smallest absolute Gasteiger partial charge is 0.264 e. The molecule has 0 saturated carbocycles. The molecule has 3 aromatic rings. The van der Waals surface area contributed by atoms with Gasteiger partial charge in [-0.25, -0.2) is 4.98 Å². The Morgan fingerprint density at radius 1 is 1.24 bits per heavy atom. The molecular formula is C19H21N3O2S. The van der Waals surface area contributed by atoms with Crippen LogP contribution in [0.1, 0.15) is 33.3 Å². The Morgan fingerprint density at radius 3 is 2.52 bits per heavy atom. The Balaban J connectivity index is 1.89. The van der Waals surface area contributed by atoms with Crippen molar-refractivity contribution in [3.63, 3.8) is 0 Å². The van der Waals surface area contributed by atoms with Gasteiger partial charge in [0.1, 0.15) is 4.83 Å². The molecule has 0 unspecified atom stereocenters. The number of fused-ring (bicyclic) bond motifs is 1. The zero-order chi connectivity index (χ0) is 18.1. The third kappa shape index (κ3) is 3.22. The standard InChI is InChI=1S/C19H21N3O2S/c1-5-13-6-8-14(9-7-13)10-21(3)19(24)16-12(2)15-17(25-16)20-11-22(4)18(15)23/h6-9,11H,5,10H2,1-4H3. The molecule has 1 aromatic carbocycles. The van der Waals surface area contributed by atoms with Crippen LogP contribution in [-0.2, 0) is 20.0 Å². The summed E-state index contributed by atoms with van der Waals surface area (Å²) in [6, 6.07) is 8.29. The van der Waals surface area contributed by atoms with Crippen LogP contribution >= 0.6 is 11.3 Å². The molecule has 130 valence electrons. The molecule has 2 heterocycles. The number of aromatic nitrogens is 2. The third-order valence-corrected chi connectivity index (χ3v) is 5.59. The number of amides is 1. The summed E-state index contributed by atoms with van der Waals surface area (Å²) in [5.41, 5.74) is 2.96. The van der Waals surface area contributed by atoms with E-state index < -0.39 is 0 Å². The van der Waals surface area contributed by atoms with Crippen LogP contribution in [0.3, 0.4) is 0 Å². The minimum absolute atomic E-state index is 0.0814. The number of hydrogen-bond acceptors (Lipinski definition) is 4. The van der Waals surface area contributed by atoms with Gasteiger partial charge in [0, 0.05) is 20.6 Å². The highest BCUT2D eigenvalue weighted by Crippen LogP contribution is 2.28. The summed E-state index contributed by atoms with van der Waals surface area (Å²) in [6.45, 7) is 4.47. The summed E-state index contributed by atoms with van der Waals surface area (Å²) in [6.07, 6.45) is 2.49. The van der Waals surface area contributed by atoms with Crippen LogP contribution < -0.4 is 5.56 Å². The van der Waals surface area contributed by atoms with Gasteiger partial charge < -0.3 is 9.47 Å². The van der Waals surface area contributed by atoms with E-state index in [2.05, 4.69) is 36.2 Å². The molecule has 6 heteroatoms. The minimum atomic E-state index is -0.115. The molecule has 0 aliphatic carbocycles. The summed E-state index contributed by atoms with van der Waals surface area (Å²) in [7, 11) is 3.45. The Morgan fingerprint density at radius 2 is 1.88 bits per heavy atom. The van der Waals surface area contributed by atoms with Crippen molar-refractivity contribution in [2.24, 2.45) is 7.05 Å². The SMILES string of the molecule is CCc1ccc(CN(C)C(=O)c2sc3ncn(C)c(=O)c3c2C)cc1. The molecule has 25 heavy (non-hydrogen) atoms. The van der Waals surface area contributed by atoms with Gasteiger partial charge in [0.2, 0.25) is 0 Å². The summed E-state index contributed by atoms with van der Waals surface area (Å²) < 4.78 is 1.44. The van der Waals surface area contributed by atoms with Gasteiger partial charge in [-0.2, -0.15) is 0 Å². The second kappa shape index (κ2) is 6.80. The number of carbonyl (C=O) groups is 1. The molecule has 0 N–H and O–H groups in total. The van der Waals surface area contributed by atoms with Crippen molar-refractivity contribution >= 4 is 27.5 Å². The average molecular weight is 355 g/mol. The quantitative estimate of drug-likeness (QED) is 0.722. The highest BCUT2D eigenvalue weighted by atomic mass is 32.1. The first-order chi connectivity index (χ1) is 11.9. The van der Waals surface area contributed by atoms with E-state index in [1.807, 2.05) is 6.92 Å². The number of carbonyl (C=O) groups excluding carboxylic acids is 1. The number of benzene rings is 1. The first-order valence-corrected chi connectivity index (χ1v) is 9.02. The molecule has 0 spiro atoms. The first kappa shape index (κ1) is 17.4. The average Bonchev–Trinajstić information content (AvgIpc) is 2.95. The van der Waals surface area contributed by atoms with Gasteiger partial charge in [0.05, 0.1) is 16.6 Å². The molecule has 0 atom stereocenters. The Kier molecular flexibility index (Phi) is 4.72. The fourth-order valence-electron chi connectivity index (χ4n) is 2.81. The van der Waals surface area contributed by atoms with Crippen molar-refractivity contribution in [2.75, 3.05) is 7.05 Å². The van der Waals surface area contributed by atoms with Crippen LogP contribution in [0.15, 0.2) is 35.4 Å². The topological polar surface area (TPSA) is 55.2 Å². The van der Waals surface area contributed by atoms with Crippen molar-refractivity contribution in [3.8, 4) is 0 Å².